The summed E-state index contributed by atoms with van der Waals surface area (Å²) in [5, 5.41) is 0. The Bertz CT molecular complexity index is 873. The molecule has 2 aliphatic rings. The van der Waals surface area contributed by atoms with Crippen LogP contribution < -0.4 is 4.90 Å². The normalized spacial score (nSPS) is 25.2. The first-order valence-electron chi connectivity index (χ1n) is 8.65. The van der Waals surface area contributed by atoms with Gasteiger partial charge in [0.2, 0.25) is 5.91 Å². The average molecular weight is 366 g/mol. The Kier molecular flexibility index (Phi) is 3.55. The number of fused-ring (bicyclic) bond motifs is 2. The van der Waals surface area contributed by atoms with Crippen molar-refractivity contribution in [2.24, 2.45) is 11.8 Å². The number of hydrogen-bond donors (Lipinski definition) is 0. The van der Waals surface area contributed by atoms with Crippen molar-refractivity contribution in [2.45, 2.75) is 32.5 Å². The van der Waals surface area contributed by atoms with Crippen LogP contribution in [0.5, 0.6) is 0 Å². The first-order valence-corrected chi connectivity index (χ1v) is 8.65. The Balaban J connectivity index is 1.71. The van der Waals surface area contributed by atoms with E-state index in [0.717, 1.165) is 6.07 Å². The molecule has 26 heavy (non-hydrogen) atoms. The van der Waals surface area contributed by atoms with Gasteiger partial charge in [-0.2, -0.15) is 13.2 Å². The summed E-state index contributed by atoms with van der Waals surface area (Å²) in [6, 6.07) is 2.32. The maximum atomic E-state index is 13.3. The highest BCUT2D eigenvalue weighted by molar-refractivity contribution is 5.75. The molecule has 0 spiro atoms. The van der Waals surface area contributed by atoms with Gasteiger partial charge in [-0.1, -0.05) is 0 Å². The van der Waals surface area contributed by atoms with Gasteiger partial charge in [0.1, 0.15) is 12.1 Å². The van der Waals surface area contributed by atoms with Gasteiger partial charge in [-0.25, -0.2) is 4.98 Å². The first-order chi connectivity index (χ1) is 12.1. The largest absolute Gasteiger partial charge is 0.416 e. The number of hydrogen-bond acceptors (Lipinski definition) is 3. The van der Waals surface area contributed by atoms with E-state index < -0.39 is 11.7 Å². The van der Waals surface area contributed by atoms with E-state index in [-0.39, 0.29) is 23.3 Å². The summed E-state index contributed by atoms with van der Waals surface area (Å²) in [7, 11) is 0. The fraction of sp³-hybridized carbons (Fsp3) is 0.556. The molecule has 0 radical (unpaired) electrons. The van der Waals surface area contributed by atoms with E-state index in [9.17, 15) is 18.0 Å². The van der Waals surface area contributed by atoms with E-state index in [0.29, 0.717) is 31.0 Å². The number of nitrogens with zero attached hydrogens (tertiary/aromatic N) is 4. The van der Waals surface area contributed by atoms with Crippen LogP contribution in [0.3, 0.4) is 0 Å². The topological polar surface area (TPSA) is 40.9 Å². The predicted octanol–water partition coefficient (Wildman–Crippen LogP) is 3.05. The second-order valence-electron chi connectivity index (χ2n) is 7.84. The van der Waals surface area contributed by atoms with Crippen LogP contribution >= 0.6 is 0 Å². The minimum atomic E-state index is -4.40. The number of anilines is 1. The molecule has 2 saturated heterocycles. The molecule has 4 rings (SSSR count). The van der Waals surface area contributed by atoms with E-state index >= 15 is 0 Å². The second-order valence-corrected chi connectivity index (χ2v) is 7.84. The number of carbonyl (C=O) groups is 1. The van der Waals surface area contributed by atoms with E-state index in [2.05, 4.69) is 4.98 Å². The third-order valence-corrected chi connectivity index (χ3v) is 5.99. The molecule has 0 saturated carbocycles. The van der Waals surface area contributed by atoms with Crippen LogP contribution in [0.1, 0.15) is 26.3 Å². The minimum absolute atomic E-state index is 0.0482. The van der Waals surface area contributed by atoms with Crippen LogP contribution in [-0.4, -0.2) is 45.4 Å². The van der Waals surface area contributed by atoms with Crippen molar-refractivity contribution in [3.05, 3.63) is 30.2 Å². The van der Waals surface area contributed by atoms with E-state index in [4.69, 9.17) is 0 Å². The van der Waals surface area contributed by atoms with E-state index in [1.54, 1.807) is 17.7 Å². The molecule has 0 unspecified atom stereocenters. The number of rotatable bonds is 1. The molecule has 0 N–H and O–H groups in total. The summed E-state index contributed by atoms with van der Waals surface area (Å²) in [6.07, 6.45) is -1.41. The lowest BCUT2D eigenvalue weighted by molar-refractivity contribution is -0.137. The second kappa shape index (κ2) is 5.37. The lowest BCUT2D eigenvalue weighted by Crippen LogP contribution is -2.47. The van der Waals surface area contributed by atoms with Crippen LogP contribution in [0.25, 0.3) is 5.52 Å². The number of carbonyl (C=O) groups excluding carboxylic acids is 1. The third kappa shape index (κ3) is 2.46. The molecule has 140 valence electrons. The minimum Gasteiger partial charge on any atom is -0.357 e. The van der Waals surface area contributed by atoms with Gasteiger partial charge in [-0.05, 0) is 26.0 Å². The number of pyridine rings is 1. The van der Waals surface area contributed by atoms with Crippen LogP contribution in [0.2, 0.25) is 0 Å². The van der Waals surface area contributed by atoms with Crippen LogP contribution in [0.4, 0.5) is 19.0 Å². The van der Waals surface area contributed by atoms with E-state index in [1.807, 2.05) is 23.6 Å². The molecule has 2 aliphatic heterocycles. The monoisotopic (exact) mass is 366 g/mol. The third-order valence-electron chi connectivity index (χ3n) is 5.99. The number of alkyl halides is 3. The van der Waals surface area contributed by atoms with E-state index in [1.165, 1.54) is 12.3 Å². The summed E-state index contributed by atoms with van der Waals surface area (Å²) in [4.78, 5) is 19.8. The molecule has 0 aromatic carbocycles. The maximum Gasteiger partial charge on any atom is 0.416 e. The summed E-state index contributed by atoms with van der Waals surface area (Å²) < 4.78 is 41.6. The summed E-state index contributed by atoms with van der Waals surface area (Å²) >= 11 is 0. The quantitative estimate of drug-likeness (QED) is 0.779. The molecule has 0 aliphatic carbocycles. The number of halogens is 3. The number of aromatic nitrogens is 2. The first kappa shape index (κ1) is 17.2. The zero-order valence-electron chi connectivity index (χ0n) is 14.9. The molecular formula is C18H21F3N4O. The van der Waals surface area contributed by atoms with Gasteiger partial charge in [-0.15, -0.1) is 0 Å². The molecule has 1 amide bonds. The van der Waals surface area contributed by atoms with Gasteiger partial charge in [0.15, 0.2) is 0 Å². The maximum absolute atomic E-state index is 13.3. The smallest absolute Gasteiger partial charge is 0.357 e. The highest BCUT2D eigenvalue weighted by atomic mass is 19.4. The van der Waals surface area contributed by atoms with Crippen LogP contribution in [0, 0.1) is 11.8 Å². The highest BCUT2D eigenvalue weighted by Crippen LogP contribution is 2.45. The van der Waals surface area contributed by atoms with Gasteiger partial charge < -0.3 is 9.80 Å². The molecule has 2 atom stereocenters. The fourth-order valence-corrected chi connectivity index (χ4v) is 4.67. The molecule has 8 heteroatoms. The summed E-state index contributed by atoms with van der Waals surface area (Å²) in [5.41, 5.74) is -0.542. The summed E-state index contributed by atoms with van der Waals surface area (Å²) in [6.45, 7) is 7.56. The number of amides is 1. The van der Waals surface area contributed by atoms with Gasteiger partial charge in [0, 0.05) is 43.9 Å². The Labute approximate surface area is 149 Å². The standard InChI is InChI=1S/C18H21F3N4O/c1-11(26)25-8-12-7-23(9-15(12)17(25,2)3)16-5-13(18(19,20)21)4-14-6-22-10-24(14)16/h4-6,10,12,15H,7-9H2,1-3H3/t12-,15-/m0/s1. The zero-order chi connectivity index (χ0) is 18.9. The van der Waals surface area contributed by atoms with Crippen molar-refractivity contribution in [2.75, 3.05) is 24.5 Å². The highest BCUT2D eigenvalue weighted by Gasteiger charge is 2.53. The zero-order valence-corrected chi connectivity index (χ0v) is 14.9. The molecule has 4 heterocycles. The number of likely N-dealkylation sites (tertiary alicyclic amines) is 1. The van der Waals surface area contributed by atoms with Crippen molar-refractivity contribution in [1.29, 1.82) is 0 Å². The van der Waals surface area contributed by atoms with Crippen molar-refractivity contribution in [1.82, 2.24) is 14.3 Å². The predicted molar refractivity (Wildman–Crippen MR) is 90.9 cm³/mol. The Morgan fingerprint density at radius 2 is 1.96 bits per heavy atom. The number of imidazole rings is 1. The lowest BCUT2D eigenvalue weighted by atomic mass is 9.85. The molecular weight excluding hydrogens is 345 g/mol. The van der Waals surface area contributed by atoms with Gasteiger partial charge in [0.25, 0.3) is 0 Å². The Hall–Kier alpha value is -2.25. The van der Waals surface area contributed by atoms with Crippen molar-refractivity contribution >= 4 is 17.2 Å². The molecule has 2 fully saturated rings. The van der Waals surface area contributed by atoms with Gasteiger partial charge >= 0.3 is 6.18 Å². The van der Waals surface area contributed by atoms with Gasteiger partial charge in [-0.3, -0.25) is 9.20 Å². The molecule has 2 aromatic rings. The van der Waals surface area contributed by atoms with Gasteiger partial charge in [0.05, 0.1) is 17.3 Å². The molecule has 0 bridgehead atoms. The van der Waals surface area contributed by atoms with Crippen molar-refractivity contribution < 1.29 is 18.0 Å². The van der Waals surface area contributed by atoms with Crippen molar-refractivity contribution in [3.63, 3.8) is 0 Å². The Morgan fingerprint density at radius 3 is 2.58 bits per heavy atom. The van der Waals surface area contributed by atoms with Crippen LogP contribution in [-0.2, 0) is 11.0 Å². The molecule has 2 aromatic heterocycles. The summed E-state index contributed by atoms with van der Waals surface area (Å²) in [5.74, 6) is 1.03. The Morgan fingerprint density at radius 1 is 1.23 bits per heavy atom. The lowest BCUT2D eigenvalue weighted by Gasteiger charge is -2.36. The molecule has 5 nitrogen and oxygen atoms in total. The van der Waals surface area contributed by atoms with Crippen molar-refractivity contribution in [3.8, 4) is 0 Å². The SMILES string of the molecule is CC(=O)N1C[C@@H]2CN(c3cc(C(F)(F)F)cc4cncn34)C[C@@H]2C1(C)C. The van der Waals surface area contributed by atoms with Crippen LogP contribution in [0.15, 0.2) is 24.7 Å². The average Bonchev–Trinajstić information content (AvgIpc) is 3.21. The fourth-order valence-electron chi connectivity index (χ4n) is 4.67.